The maximum Gasteiger partial charge on any atom is 0.220 e. The van der Waals surface area contributed by atoms with Crippen LogP contribution in [-0.4, -0.2) is 68.1 Å². The molecule has 1 unspecified atom stereocenters. The fourth-order valence-electron chi connectivity index (χ4n) is 2.92. The van der Waals surface area contributed by atoms with Crippen molar-refractivity contribution >= 4 is 5.91 Å². The van der Waals surface area contributed by atoms with E-state index in [0.29, 0.717) is 19.1 Å². The molecule has 5 heteroatoms. The van der Waals surface area contributed by atoms with E-state index in [2.05, 4.69) is 29.1 Å². The average molecular weight is 333 g/mol. The number of nitrogens with one attached hydrogen (secondary N) is 1. The van der Waals surface area contributed by atoms with Crippen molar-refractivity contribution in [2.45, 2.75) is 32.7 Å². The van der Waals surface area contributed by atoms with E-state index in [1.807, 2.05) is 31.2 Å². The van der Waals surface area contributed by atoms with E-state index in [1.165, 1.54) is 5.56 Å². The predicted molar refractivity (Wildman–Crippen MR) is 97.5 cm³/mol. The third-order valence-corrected chi connectivity index (χ3v) is 4.63. The van der Waals surface area contributed by atoms with Crippen LogP contribution in [0.25, 0.3) is 0 Å². The monoisotopic (exact) mass is 333 g/mol. The Kier molecular flexibility index (Phi) is 7.53. The van der Waals surface area contributed by atoms with E-state index in [9.17, 15) is 4.79 Å². The number of benzene rings is 1. The van der Waals surface area contributed by atoms with E-state index in [1.54, 1.807) is 0 Å². The van der Waals surface area contributed by atoms with Gasteiger partial charge in [0.05, 0.1) is 6.61 Å². The summed E-state index contributed by atoms with van der Waals surface area (Å²) in [6.07, 6.45) is 1.30. The number of nitrogens with zero attached hydrogens (tertiary/aromatic N) is 2. The van der Waals surface area contributed by atoms with Gasteiger partial charge >= 0.3 is 0 Å². The third-order valence-electron chi connectivity index (χ3n) is 4.63. The number of likely N-dealkylation sites (N-methyl/N-ethyl adjacent to an activating group) is 1. The predicted octanol–water partition coefficient (Wildman–Crippen LogP) is 1.77. The number of amides is 1. The summed E-state index contributed by atoms with van der Waals surface area (Å²) in [5.41, 5.74) is 1.17. The lowest BCUT2D eigenvalue weighted by molar-refractivity contribution is -0.121. The molecular formula is C19H31N3O2. The van der Waals surface area contributed by atoms with Crippen LogP contribution in [0.5, 0.6) is 5.75 Å². The van der Waals surface area contributed by atoms with Gasteiger partial charge < -0.3 is 15.0 Å². The van der Waals surface area contributed by atoms with Crippen LogP contribution >= 0.6 is 0 Å². The first-order valence-electron chi connectivity index (χ1n) is 8.99. The molecule has 1 atom stereocenters. The summed E-state index contributed by atoms with van der Waals surface area (Å²) in [7, 11) is 2.16. The van der Waals surface area contributed by atoms with Crippen molar-refractivity contribution in [1.29, 1.82) is 0 Å². The molecule has 2 rings (SSSR count). The van der Waals surface area contributed by atoms with E-state index >= 15 is 0 Å². The molecule has 0 radical (unpaired) electrons. The van der Waals surface area contributed by atoms with E-state index < -0.39 is 0 Å². The van der Waals surface area contributed by atoms with Crippen molar-refractivity contribution in [3.8, 4) is 5.75 Å². The summed E-state index contributed by atoms with van der Waals surface area (Å²) in [6, 6.07) is 8.39. The fourth-order valence-corrected chi connectivity index (χ4v) is 2.92. The molecule has 0 spiro atoms. The Labute approximate surface area is 146 Å². The summed E-state index contributed by atoms with van der Waals surface area (Å²) in [5, 5.41) is 3.07. The standard InChI is InChI=1S/C19H31N3O2/c1-4-24-18-8-5-17(6-9-18)7-10-19(23)20-15-16(2)22-13-11-21(3)12-14-22/h5-6,8-9,16H,4,7,10-15H2,1-3H3,(H,20,23). The number of hydrogen-bond donors (Lipinski definition) is 1. The Morgan fingerprint density at radius 2 is 1.88 bits per heavy atom. The Morgan fingerprint density at radius 3 is 2.50 bits per heavy atom. The lowest BCUT2D eigenvalue weighted by Crippen LogP contribution is -2.51. The maximum atomic E-state index is 12.1. The molecule has 0 aromatic heterocycles. The molecular weight excluding hydrogens is 302 g/mol. The first kappa shape index (κ1) is 18.7. The van der Waals surface area contributed by atoms with Gasteiger partial charge in [-0.05, 0) is 45.0 Å². The minimum Gasteiger partial charge on any atom is -0.494 e. The highest BCUT2D eigenvalue weighted by Crippen LogP contribution is 2.13. The Bertz CT molecular complexity index is 496. The van der Waals surface area contributed by atoms with Gasteiger partial charge in [0.1, 0.15) is 5.75 Å². The maximum absolute atomic E-state index is 12.1. The lowest BCUT2D eigenvalue weighted by Gasteiger charge is -2.36. The SMILES string of the molecule is CCOc1ccc(CCC(=O)NCC(C)N2CCN(C)CC2)cc1. The minimum absolute atomic E-state index is 0.130. The Morgan fingerprint density at radius 1 is 1.21 bits per heavy atom. The molecule has 1 saturated heterocycles. The van der Waals surface area contributed by atoms with Gasteiger partial charge in [-0.1, -0.05) is 12.1 Å². The number of carbonyl (C=O) groups excluding carboxylic acids is 1. The molecule has 1 N–H and O–H groups in total. The topological polar surface area (TPSA) is 44.8 Å². The highest BCUT2D eigenvalue weighted by Gasteiger charge is 2.19. The molecule has 1 heterocycles. The van der Waals surface area contributed by atoms with Gasteiger partial charge in [-0.25, -0.2) is 0 Å². The van der Waals surface area contributed by atoms with Gasteiger partial charge in [0.15, 0.2) is 0 Å². The number of aryl methyl sites for hydroxylation is 1. The van der Waals surface area contributed by atoms with Crippen LogP contribution in [0.2, 0.25) is 0 Å². The zero-order valence-electron chi connectivity index (χ0n) is 15.3. The Hall–Kier alpha value is -1.59. The van der Waals surface area contributed by atoms with Crippen LogP contribution in [-0.2, 0) is 11.2 Å². The van der Waals surface area contributed by atoms with Crippen molar-refractivity contribution in [2.75, 3.05) is 46.4 Å². The van der Waals surface area contributed by atoms with Crippen molar-refractivity contribution < 1.29 is 9.53 Å². The quantitative estimate of drug-likeness (QED) is 0.787. The normalized spacial score (nSPS) is 17.5. The molecule has 134 valence electrons. The summed E-state index contributed by atoms with van der Waals surface area (Å²) in [6.45, 7) is 9.95. The highest BCUT2D eigenvalue weighted by atomic mass is 16.5. The molecule has 0 aliphatic carbocycles. The Balaban J connectivity index is 1.65. The molecule has 1 aromatic rings. The molecule has 1 aliphatic rings. The molecule has 0 bridgehead atoms. The van der Waals surface area contributed by atoms with Crippen LogP contribution in [0.3, 0.4) is 0 Å². The lowest BCUT2D eigenvalue weighted by atomic mass is 10.1. The minimum atomic E-state index is 0.130. The van der Waals surface area contributed by atoms with E-state index in [4.69, 9.17) is 4.74 Å². The van der Waals surface area contributed by atoms with Crippen molar-refractivity contribution in [3.05, 3.63) is 29.8 Å². The molecule has 1 aliphatic heterocycles. The molecule has 24 heavy (non-hydrogen) atoms. The highest BCUT2D eigenvalue weighted by molar-refractivity contribution is 5.76. The van der Waals surface area contributed by atoms with Crippen molar-refractivity contribution in [1.82, 2.24) is 15.1 Å². The molecule has 1 amide bonds. The van der Waals surface area contributed by atoms with Crippen LogP contribution in [0.4, 0.5) is 0 Å². The largest absolute Gasteiger partial charge is 0.494 e. The number of carbonyl (C=O) groups is 1. The summed E-state index contributed by atoms with van der Waals surface area (Å²) in [4.78, 5) is 16.9. The van der Waals surface area contributed by atoms with E-state index in [0.717, 1.165) is 44.9 Å². The van der Waals surface area contributed by atoms with Gasteiger partial charge in [-0.15, -0.1) is 0 Å². The van der Waals surface area contributed by atoms with Crippen LogP contribution in [0.1, 0.15) is 25.8 Å². The zero-order chi connectivity index (χ0) is 17.4. The van der Waals surface area contributed by atoms with Gasteiger partial charge in [-0.3, -0.25) is 9.69 Å². The molecule has 0 saturated carbocycles. The second-order valence-corrected chi connectivity index (χ2v) is 6.57. The second-order valence-electron chi connectivity index (χ2n) is 6.57. The first-order chi connectivity index (χ1) is 11.6. The summed E-state index contributed by atoms with van der Waals surface area (Å²) >= 11 is 0. The van der Waals surface area contributed by atoms with E-state index in [-0.39, 0.29) is 5.91 Å². The average Bonchev–Trinajstić information content (AvgIpc) is 2.60. The van der Waals surface area contributed by atoms with Gasteiger partial charge in [0.2, 0.25) is 5.91 Å². The number of rotatable bonds is 8. The summed E-state index contributed by atoms with van der Waals surface area (Å²) < 4.78 is 5.43. The second kappa shape index (κ2) is 9.64. The first-order valence-corrected chi connectivity index (χ1v) is 8.99. The molecule has 1 fully saturated rings. The van der Waals surface area contributed by atoms with Gasteiger partial charge in [-0.2, -0.15) is 0 Å². The van der Waals surface area contributed by atoms with Crippen LogP contribution < -0.4 is 10.1 Å². The van der Waals surface area contributed by atoms with Crippen molar-refractivity contribution in [3.63, 3.8) is 0 Å². The third kappa shape index (κ3) is 6.13. The zero-order valence-corrected chi connectivity index (χ0v) is 15.3. The molecule has 5 nitrogen and oxygen atoms in total. The van der Waals surface area contributed by atoms with Gasteiger partial charge in [0.25, 0.3) is 0 Å². The summed E-state index contributed by atoms with van der Waals surface area (Å²) in [5.74, 6) is 1.01. The van der Waals surface area contributed by atoms with Crippen LogP contribution in [0, 0.1) is 0 Å². The number of hydrogen-bond acceptors (Lipinski definition) is 4. The number of ether oxygens (including phenoxy) is 1. The number of piperazine rings is 1. The fraction of sp³-hybridized carbons (Fsp3) is 0.632. The van der Waals surface area contributed by atoms with Crippen LogP contribution in [0.15, 0.2) is 24.3 Å². The molecule has 1 aromatic carbocycles. The smallest absolute Gasteiger partial charge is 0.220 e. The van der Waals surface area contributed by atoms with Gasteiger partial charge in [0, 0.05) is 45.2 Å². The van der Waals surface area contributed by atoms with Crippen molar-refractivity contribution in [2.24, 2.45) is 0 Å².